The highest BCUT2D eigenvalue weighted by Crippen LogP contribution is 2.17. The van der Waals surface area contributed by atoms with Gasteiger partial charge < -0.3 is 4.90 Å². The minimum atomic E-state index is 0.311. The van der Waals surface area contributed by atoms with Gasteiger partial charge in [-0.25, -0.2) is 0 Å². The molecule has 0 bridgehead atoms. The van der Waals surface area contributed by atoms with Crippen molar-refractivity contribution in [2.45, 2.75) is 39.0 Å². The summed E-state index contributed by atoms with van der Waals surface area (Å²) >= 11 is 0. The van der Waals surface area contributed by atoms with E-state index in [1.165, 1.54) is 0 Å². The Kier molecular flexibility index (Phi) is 4.52. The quantitative estimate of drug-likeness (QED) is 0.496. The van der Waals surface area contributed by atoms with Gasteiger partial charge in [-0.1, -0.05) is 6.92 Å². The van der Waals surface area contributed by atoms with Crippen LogP contribution in [-0.4, -0.2) is 23.9 Å². The van der Waals surface area contributed by atoms with E-state index in [1.807, 2.05) is 4.90 Å². The molecule has 14 heavy (non-hydrogen) atoms. The van der Waals surface area contributed by atoms with Gasteiger partial charge in [0, 0.05) is 25.9 Å². The molecule has 1 atom stereocenters. The van der Waals surface area contributed by atoms with Crippen LogP contribution in [0.25, 0.3) is 0 Å². The van der Waals surface area contributed by atoms with Crippen molar-refractivity contribution in [3.8, 4) is 12.3 Å². The Hall–Kier alpha value is -0.970. The number of amides is 1. The molecule has 0 saturated carbocycles. The number of rotatable bonds is 3. The van der Waals surface area contributed by atoms with Gasteiger partial charge in [0.2, 0.25) is 5.91 Å². The van der Waals surface area contributed by atoms with E-state index in [1.54, 1.807) is 0 Å². The van der Waals surface area contributed by atoms with Crippen molar-refractivity contribution in [1.29, 1.82) is 0 Å². The van der Waals surface area contributed by atoms with E-state index in [-0.39, 0.29) is 0 Å². The van der Waals surface area contributed by atoms with Gasteiger partial charge in [-0.2, -0.15) is 0 Å². The number of carbonyl (C=O) groups excluding carboxylic acids is 1. The smallest absolute Gasteiger partial charge is 0.222 e. The molecule has 0 radical (unpaired) electrons. The first-order chi connectivity index (χ1) is 6.74. The molecule has 78 valence electrons. The van der Waals surface area contributed by atoms with Gasteiger partial charge in [0.25, 0.3) is 0 Å². The zero-order valence-electron chi connectivity index (χ0n) is 8.96. The predicted octanol–water partition coefficient (Wildman–Crippen LogP) is 2.05. The van der Waals surface area contributed by atoms with E-state index in [4.69, 9.17) is 6.42 Å². The number of hydrogen-bond donors (Lipinski definition) is 0. The SMILES string of the molecule is C#CCCCN1CCC(C)CCC1=O. The highest BCUT2D eigenvalue weighted by Gasteiger charge is 2.19. The van der Waals surface area contributed by atoms with Crippen LogP contribution in [0.3, 0.4) is 0 Å². The number of nitrogens with zero attached hydrogens (tertiary/aromatic N) is 1. The summed E-state index contributed by atoms with van der Waals surface area (Å²) in [5.74, 6) is 3.61. The van der Waals surface area contributed by atoms with Gasteiger partial charge in [-0.05, 0) is 25.2 Å². The van der Waals surface area contributed by atoms with Gasteiger partial charge >= 0.3 is 0 Å². The fraction of sp³-hybridized carbons (Fsp3) is 0.750. The van der Waals surface area contributed by atoms with Crippen molar-refractivity contribution in [2.24, 2.45) is 5.92 Å². The molecule has 1 saturated heterocycles. The fourth-order valence-electron chi connectivity index (χ4n) is 1.78. The van der Waals surface area contributed by atoms with E-state index in [0.29, 0.717) is 11.8 Å². The monoisotopic (exact) mass is 193 g/mol. The second kappa shape index (κ2) is 5.70. The first-order valence-corrected chi connectivity index (χ1v) is 5.45. The van der Waals surface area contributed by atoms with Crippen LogP contribution in [0.4, 0.5) is 0 Å². The van der Waals surface area contributed by atoms with E-state index in [2.05, 4.69) is 12.8 Å². The average molecular weight is 193 g/mol. The summed E-state index contributed by atoms with van der Waals surface area (Å²) in [6, 6.07) is 0. The van der Waals surface area contributed by atoms with Crippen molar-refractivity contribution in [3.63, 3.8) is 0 Å². The Morgan fingerprint density at radius 1 is 1.57 bits per heavy atom. The predicted molar refractivity (Wildman–Crippen MR) is 57.7 cm³/mol. The molecule has 0 aromatic rings. The molecule has 1 aliphatic heterocycles. The maximum Gasteiger partial charge on any atom is 0.222 e. The van der Waals surface area contributed by atoms with Crippen molar-refractivity contribution in [1.82, 2.24) is 4.90 Å². The Bertz CT molecular complexity index is 229. The molecule has 1 amide bonds. The molecule has 1 unspecified atom stereocenters. The molecular weight excluding hydrogens is 174 g/mol. The zero-order chi connectivity index (χ0) is 10.4. The van der Waals surface area contributed by atoms with Gasteiger partial charge in [-0.15, -0.1) is 12.3 Å². The number of unbranched alkanes of at least 4 members (excludes halogenated alkanes) is 1. The second-order valence-corrected chi connectivity index (χ2v) is 4.12. The first-order valence-electron chi connectivity index (χ1n) is 5.45. The summed E-state index contributed by atoms with van der Waals surface area (Å²) in [5.41, 5.74) is 0. The molecule has 1 heterocycles. The first kappa shape index (κ1) is 11.1. The lowest BCUT2D eigenvalue weighted by Gasteiger charge is -2.19. The standard InChI is InChI=1S/C12H19NO/c1-3-4-5-9-13-10-8-11(2)6-7-12(13)14/h1,11H,4-10H2,2H3. The van der Waals surface area contributed by atoms with E-state index in [0.717, 1.165) is 45.2 Å². The summed E-state index contributed by atoms with van der Waals surface area (Å²) in [5, 5.41) is 0. The topological polar surface area (TPSA) is 20.3 Å². The minimum absolute atomic E-state index is 0.311. The number of likely N-dealkylation sites (tertiary alicyclic amines) is 1. The Balaban J connectivity index is 2.35. The highest BCUT2D eigenvalue weighted by molar-refractivity contribution is 5.76. The molecule has 2 heteroatoms. The summed E-state index contributed by atoms with van der Waals surface area (Å²) < 4.78 is 0. The van der Waals surface area contributed by atoms with E-state index >= 15 is 0 Å². The van der Waals surface area contributed by atoms with Crippen molar-refractivity contribution in [3.05, 3.63) is 0 Å². The molecule has 0 aromatic carbocycles. The lowest BCUT2D eigenvalue weighted by atomic mass is 10.0. The summed E-state index contributed by atoms with van der Waals surface area (Å²) in [6.07, 6.45) is 9.80. The molecule has 0 aromatic heterocycles. The average Bonchev–Trinajstić information content (AvgIpc) is 2.33. The minimum Gasteiger partial charge on any atom is -0.343 e. The van der Waals surface area contributed by atoms with Crippen LogP contribution in [0.1, 0.15) is 39.0 Å². The van der Waals surface area contributed by atoms with Crippen LogP contribution >= 0.6 is 0 Å². The van der Waals surface area contributed by atoms with Crippen LogP contribution < -0.4 is 0 Å². The summed E-state index contributed by atoms with van der Waals surface area (Å²) in [6.45, 7) is 3.98. The van der Waals surface area contributed by atoms with E-state index in [9.17, 15) is 4.79 Å². The third-order valence-corrected chi connectivity index (χ3v) is 2.84. The lowest BCUT2D eigenvalue weighted by Crippen LogP contribution is -2.31. The van der Waals surface area contributed by atoms with Gasteiger partial charge in [-0.3, -0.25) is 4.79 Å². The molecular formula is C12H19NO. The molecule has 0 spiro atoms. The third kappa shape index (κ3) is 3.41. The molecule has 0 N–H and O–H groups in total. The van der Waals surface area contributed by atoms with Crippen LogP contribution in [0.2, 0.25) is 0 Å². The van der Waals surface area contributed by atoms with Crippen molar-refractivity contribution in [2.75, 3.05) is 13.1 Å². The van der Waals surface area contributed by atoms with Gasteiger partial charge in [0.1, 0.15) is 0 Å². The van der Waals surface area contributed by atoms with Gasteiger partial charge in [0.15, 0.2) is 0 Å². The molecule has 1 fully saturated rings. The van der Waals surface area contributed by atoms with Crippen molar-refractivity contribution >= 4 is 5.91 Å². The number of terminal acetylenes is 1. The molecule has 1 rings (SSSR count). The van der Waals surface area contributed by atoms with E-state index < -0.39 is 0 Å². The molecule has 1 aliphatic rings. The third-order valence-electron chi connectivity index (χ3n) is 2.84. The second-order valence-electron chi connectivity index (χ2n) is 4.12. The maximum absolute atomic E-state index is 11.6. The normalized spacial score (nSPS) is 23.0. The fourth-order valence-corrected chi connectivity index (χ4v) is 1.78. The molecule has 2 nitrogen and oxygen atoms in total. The Morgan fingerprint density at radius 2 is 2.36 bits per heavy atom. The lowest BCUT2D eigenvalue weighted by molar-refractivity contribution is -0.130. The number of hydrogen-bond acceptors (Lipinski definition) is 1. The largest absolute Gasteiger partial charge is 0.343 e. The van der Waals surface area contributed by atoms with Crippen molar-refractivity contribution < 1.29 is 4.79 Å². The molecule has 0 aliphatic carbocycles. The highest BCUT2D eigenvalue weighted by atomic mass is 16.2. The van der Waals surface area contributed by atoms with Crippen LogP contribution in [0.15, 0.2) is 0 Å². The van der Waals surface area contributed by atoms with Crippen LogP contribution in [0, 0.1) is 18.3 Å². The zero-order valence-corrected chi connectivity index (χ0v) is 8.96. The maximum atomic E-state index is 11.6. The summed E-state index contributed by atoms with van der Waals surface area (Å²) in [4.78, 5) is 13.6. The van der Waals surface area contributed by atoms with Gasteiger partial charge in [0.05, 0.1) is 0 Å². The Morgan fingerprint density at radius 3 is 3.07 bits per heavy atom. The summed E-state index contributed by atoms with van der Waals surface area (Å²) in [7, 11) is 0. The van der Waals surface area contributed by atoms with Crippen LogP contribution in [0.5, 0.6) is 0 Å². The van der Waals surface area contributed by atoms with Crippen LogP contribution in [-0.2, 0) is 4.79 Å². The Labute approximate surface area is 86.7 Å². The number of carbonyl (C=O) groups is 1.